The number of nitrogens with two attached hydrogens (primary N) is 1. The molecule has 0 aliphatic heterocycles. The van der Waals surface area contributed by atoms with Gasteiger partial charge in [0.05, 0.1) is 23.9 Å². The van der Waals surface area contributed by atoms with Gasteiger partial charge in [0.2, 0.25) is 5.96 Å². The molecule has 0 unspecified atom stereocenters. The maximum atomic E-state index is 13.0. The first-order valence-electron chi connectivity index (χ1n) is 7.45. The van der Waals surface area contributed by atoms with Crippen LogP contribution in [-0.2, 0) is 6.54 Å². The first-order chi connectivity index (χ1) is 12.1. The molecule has 136 valence electrons. The van der Waals surface area contributed by atoms with Crippen LogP contribution in [0.3, 0.4) is 0 Å². The lowest BCUT2D eigenvalue weighted by atomic mass is 10.1. The van der Waals surface area contributed by atoms with Crippen LogP contribution >= 0.6 is 36.0 Å². The summed E-state index contributed by atoms with van der Waals surface area (Å²) in [6.07, 6.45) is 3.37. The largest absolute Gasteiger partial charge is 0.369 e. The molecule has 9 heteroatoms. The Hall–Kier alpha value is -2.22. The van der Waals surface area contributed by atoms with E-state index in [2.05, 4.69) is 14.4 Å². The third kappa shape index (κ3) is 4.30. The number of carbonyl (C=O) groups is 1. The summed E-state index contributed by atoms with van der Waals surface area (Å²) in [4.78, 5) is 21.6. The summed E-state index contributed by atoms with van der Waals surface area (Å²) >= 11 is 7.42. The third-order valence-electron chi connectivity index (χ3n) is 3.66. The van der Waals surface area contributed by atoms with E-state index in [1.54, 1.807) is 36.8 Å². The number of nitrogens with one attached hydrogen (secondary N) is 1. The van der Waals surface area contributed by atoms with Crippen molar-refractivity contribution in [2.45, 2.75) is 6.54 Å². The van der Waals surface area contributed by atoms with Crippen molar-refractivity contribution in [1.29, 1.82) is 0 Å². The molecule has 0 bridgehead atoms. The Labute approximate surface area is 166 Å². The Morgan fingerprint density at radius 2 is 2.12 bits per heavy atom. The van der Waals surface area contributed by atoms with Crippen LogP contribution in [0.4, 0.5) is 0 Å². The number of aromatic amines is 1. The van der Waals surface area contributed by atoms with Gasteiger partial charge < -0.3 is 10.7 Å². The molecule has 3 N–H and O–H groups in total. The molecule has 1 heterocycles. The monoisotopic (exact) mass is 409 g/mol. The second-order valence-electron chi connectivity index (χ2n) is 5.25. The van der Waals surface area contributed by atoms with Crippen molar-refractivity contribution < 1.29 is 4.79 Å². The molecule has 3 rings (SSSR count). The standard InChI is InChI=1S/C17H16ClN5OS.ClH/c1-25-22-17(19)23(9-12-4-2-3-5-13(12)18)16(24)11-6-7-14-15(8-11)21-10-20-14;/h2-8,10H,9H2,1H3,(H2,19,22)(H,20,21);1H. The number of rotatable bonds is 4. The van der Waals surface area contributed by atoms with Gasteiger partial charge in [0.15, 0.2) is 0 Å². The van der Waals surface area contributed by atoms with Crippen LogP contribution in [0.1, 0.15) is 15.9 Å². The molecule has 0 aliphatic rings. The van der Waals surface area contributed by atoms with Crippen LogP contribution in [0.15, 0.2) is 53.2 Å². The lowest BCUT2D eigenvalue weighted by molar-refractivity contribution is 0.0839. The van der Waals surface area contributed by atoms with Crippen molar-refractivity contribution >= 4 is 58.9 Å². The van der Waals surface area contributed by atoms with Crippen molar-refractivity contribution in [3.63, 3.8) is 0 Å². The molecule has 2 aromatic carbocycles. The highest BCUT2D eigenvalue weighted by molar-refractivity contribution is 7.97. The zero-order valence-corrected chi connectivity index (χ0v) is 16.2. The fourth-order valence-corrected chi connectivity index (χ4v) is 2.90. The Bertz CT molecular complexity index is 944. The van der Waals surface area contributed by atoms with E-state index in [-0.39, 0.29) is 30.8 Å². The summed E-state index contributed by atoms with van der Waals surface area (Å²) < 4.78 is 4.10. The van der Waals surface area contributed by atoms with Gasteiger partial charge in [0.25, 0.3) is 5.91 Å². The number of H-pyrrole nitrogens is 1. The second-order valence-corrected chi connectivity index (χ2v) is 6.20. The molecule has 6 nitrogen and oxygen atoms in total. The third-order valence-corrected chi connectivity index (χ3v) is 4.40. The average molecular weight is 410 g/mol. The van der Waals surface area contributed by atoms with Gasteiger partial charge in [0, 0.05) is 16.8 Å². The Morgan fingerprint density at radius 3 is 2.85 bits per heavy atom. The highest BCUT2D eigenvalue weighted by Crippen LogP contribution is 2.20. The fourth-order valence-electron chi connectivity index (χ4n) is 2.42. The average Bonchev–Trinajstić information content (AvgIpc) is 3.08. The molecule has 26 heavy (non-hydrogen) atoms. The van der Waals surface area contributed by atoms with E-state index >= 15 is 0 Å². The predicted molar refractivity (Wildman–Crippen MR) is 110 cm³/mol. The molecule has 0 spiro atoms. The van der Waals surface area contributed by atoms with E-state index in [9.17, 15) is 4.79 Å². The van der Waals surface area contributed by atoms with Gasteiger partial charge in [-0.2, -0.15) is 4.40 Å². The van der Waals surface area contributed by atoms with Gasteiger partial charge in [-0.1, -0.05) is 29.8 Å². The summed E-state index contributed by atoms with van der Waals surface area (Å²) in [5.74, 6) is -0.131. The number of amides is 1. The Morgan fingerprint density at radius 1 is 1.35 bits per heavy atom. The topological polar surface area (TPSA) is 87.4 Å². The number of nitrogens with zero attached hydrogens (tertiary/aromatic N) is 3. The van der Waals surface area contributed by atoms with E-state index in [0.29, 0.717) is 10.6 Å². The smallest absolute Gasteiger partial charge is 0.260 e. The molecule has 1 aromatic heterocycles. The number of aromatic nitrogens is 2. The van der Waals surface area contributed by atoms with E-state index in [1.807, 2.05) is 18.2 Å². The van der Waals surface area contributed by atoms with Crippen LogP contribution < -0.4 is 5.73 Å². The van der Waals surface area contributed by atoms with Crippen molar-refractivity contribution in [2.75, 3.05) is 6.26 Å². The van der Waals surface area contributed by atoms with Gasteiger partial charge in [-0.15, -0.1) is 12.4 Å². The number of fused-ring (bicyclic) bond motifs is 1. The molecule has 0 saturated carbocycles. The van der Waals surface area contributed by atoms with Gasteiger partial charge in [-0.05, 0) is 41.8 Å². The SMILES string of the molecule is CSN=C(N)N(Cc1ccccc1Cl)C(=O)c1ccc2nc[nH]c2c1.Cl. The minimum Gasteiger partial charge on any atom is -0.369 e. The zero-order valence-electron chi connectivity index (χ0n) is 13.8. The quantitative estimate of drug-likeness (QED) is 0.388. The first kappa shape index (κ1) is 20.1. The normalized spacial score (nSPS) is 11.2. The molecule has 0 saturated heterocycles. The van der Waals surface area contributed by atoms with Gasteiger partial charge in [-0.25, -0.2) is 4.98 Å². The van der Waals surface area contributed by atoms with Crippen molar-refractivity contribution in [3.05, 3.63) is 64.9 Å². The van der Waals surface area contributed by atoms with Crippen LogP contribution in [0.25, 0.3) is 11.0 Å². The highest BCUT2D eigenvalue weighted by atomic mass is 35.5. The summed E-state index contributed by atoms with van der Waals surface area (Å²) in [5, 5.41) is 0.571. The molecule has 0 fully saturated rings. The first-order valence-corrected chi connectivity index (χ1v) is 9.01. The molecule has 3 aromatic rings. The van der Waals surface area contributed by atoms with Crippen molar-refractivity contribution in [1.82, 2.24) is 14.9 Å². The minimum absolute atomic E-state index is 0. The number of benzene rings is 2. The number of halogens is 2. The maximum Gasteiger partial charge on any atom is 0.260 e. The molecular formula is C17H17Cl2N5OS. The molecule has 0 radical (unpaired) electrons. The summed E-state index contributed by atoms with van der Waals surface area (Å²) in [6.45, 7) is 0.232. The number of hydrogen-bond donors (Lipinski definition) is 2. The fraction of sp³-hybridized carbons (Fsp3) is 0.118. The lowest BCUT2D eigenvalue weighted by Crippen LogP contribution is -2.41. The second kappa shape index (κ2) is 8.93. The van der Waals surface area contributed by atoms with Crippen molar-refractivity contribution in [2.24, 2.45) is 10.1 Å². The number of guanidine groups is 1. The Kier molecular flexibility index (Phi) is 6.90. The molecule has 0 atom stereocenters. The van der Waals surface area contributed by atoms with E-state index < -0.39 is 0 Å². The van der Waals surface area contributed by atoms with E-state index in [0.717, 1.165) is 16.6 Å². The van der Waals surface area contributed by atoms with Crippen LogP contribution in [0, 0.1) is 0 Å². The number of hydrogen-bond acceptors (Lipinski definition) is 4. The number of carbonyl (C=O) groups excluding carboxylic acids is 1. The van der Waals surface area contributed by atoms with Crippen molar-refractivity contribution in [3.8, 4) is 0 Å². The van der Waals surface area contributed by atoms with Gasteiger partial charge in [0.1, 0.15) is 0 Å². The molecular weight excluding hydrogens is 393 g/mol. The van der Waals surface area contributed by atoms with E-state index in [1.165, 1.54) is 16.8 Å². The summed E-state index contributed by atoms with van der Waals surface area (Å²) in [6, 6.07) is 12.6. The predicted octanol–water partition coefficient (Wildman–Crippen LogP) is 3.87. The van der Waals surface area contributed by atoms with Crippen LogP contribution in [-0.4, -0.2) is 33.0 Å². The van der Waals surface area contributed by atoms with Gasteiger partial charge >= 0.3 is 0 Å². The summed E-state index contributed by atoms with van der Waals surface area (Å²) in [7, 11) is 0. The van der Waals surface area contributed by atoms with E-state index in [4.69, 9.17) is 17.3 Å². The van der Waals surface area contributed by atoms with Crippen LogP contribution in [0.2, 0.25) is 5.02 Å². The van der Waals surface area contributed by atoms with Crippen LogP contribution in [0.5, 0.6) is 0 Å². The Balaban J connectivity index is 0.00000243. The number of imidazole rings is 1. The molecule has 0 aliphatic carbocycles. The molecule has 1 amide bonds. The minimum atomic E-state index is -0.258. The highest BCUT2D eigenvalue weighted by Gasteiger charge is 2.21. The summed E-state index contributed by atoms with van der Waals surface area (Å²) in [5.41, 5.74) is 8.88. The van der Waals surface area contributed by atoms with Gasteiger partial charge in [-0.3, -0.25) is 9.69 Å². The lowest BCUT2D eigenvalue weighted by Gasteiger charge is -2.22. The zero-order chi connectivity index (χ0) is 17.8. The maximum absolute atomic E-state index is 13.0.